The number of quaternary nitrogens is 1. The molecular weight excluding hydrogens is 322 g/mol. The van der Waals surface area contributed by atoms with Gasteiger partial charge in [-0.25, -0.2) is 0 Å². The number of aldehydes is 1. The molecule has 1 heterocycles. The highest BCUT2D eigenvalue weighted by molar-refractivity contribution is 5.86. The maximum Gasteiger partial charge on any atom is 0.519 e. The van der Waals surface area contributed by atoms with Crippen LogP contribution < -0.4 is 9.22 Å². The highest BCUT2D eigenvalue weighted by Crippen LogP contribution is 2.36. The van der Waals surface area contributed by atoms with E-state index in [1.165, 1.54) is 0 Å². The minimum atomic E-state index is -0.976. The zero-order valence-corrected chi connectivity index (χ0v) is 13.8. The lowest BCUT2D eigenvalue weighted by molar-refractivity contribution is 0.0404. The molecule has 6 nitrogen and oxygen atoms in total. The van der Waals surface area contributed by atoms with Crippen LogP contribution >= 0.6 is 0 Å². The number of carboxylic acid groups (broad SMARTS) is 1. The van der Waals surface area contributed by atoms with Crippen molar-refractivity contribution in [3.8, 4) is 5.75 Å². The van der Waals surface area contributed by atoms with Crippen LogP contribution in [-0.2, 0) is 11.3 Å². The molecule has 0 aliphatic carbocycles. The molecule has 1 saturated heterocycles. The summed E-state index contributed by atoms with van der Waals surface area (Å²) in [6.07, 6.45) is -0.264. The Balaban J connectivity index is 1.97. The molecule has 25 heavy (non-hydrogen) atoms. The lowest BCUT2D eigenvalue weighted by Gasteiger charge is -2.36. The predicted octanol–water partition coefficient (Wildman–Crippen LogP) is 3.09. The number of carbonyl (C=O) groups excluding carboxylic acids is 1. The summed E-state index contributed by atoms with van der Waals surface area (Å²) in [6, 6.07) is 14.5. The molecule has 0 atom stereocenters. The molecule has 1 fully saturated rings. The summed E-state index contributed by atoms with van der Waals surface area (Å²) in [5.74, 6) is 0.471. The Morgan fingerprint density at radius 1 is 1.16 bits per heavy atom. The van der Waals surface area contributed by atoms with E-state index in [4.69, 9.17) is 9.47 Å². The van der Waals surface area contributed by atoms with E-state index in [-0.39, 0.29) is 4.48 Å². The first-order valence-electron chi connectivity index (χ1n) is 8.10. The van der Waals surface area contributed by atoms with Crippen molar-refractivity contribution >= 4 is 18.1 Å². The van der Waals surface area contributed by atoms with Crippen molar-refractivity contribution in [3.05, 3.63) is 59.7 Å². The van der Waals surface area contributed by atoms with Gasteiger partial charge in [0.15, 0.2) is 11.4 Å². The van der Waals surface area contributed by atoms with E-state index >= 15 is 0 Å². The van der Waals surface area contributed by atoms with E-state index < -0.39 is 6.09 Å². The first kappa shape index (κ1) is 17.1. The molecule has 3 rings (SSSR count). The van der Waals surface area contributed by atoms with Gasteiger partial charge >= 0.3 is 6.09 Å². The Morgan fingerprint density at radius 3 is 2.52 bits per heavy atom. The van der Waals surface area contributed by atoms with Crippen LogP contribution in [0.2, 0.25) is 0 Å². The molecule has 1 aliphatic rings. The minimum absolute atomic E-state index is 0.291. The number of rotatable bonds is 5. The third kappa shape index (κ3) is 3.55. The molecule has 0 unspecified atom stereocenters. The van der Waals surface area contributed by atoms with E-state index in [0.717, 1.165) is 5.56 Å². The summed E-state index contributed by atoms with van der Waals surface area (Å²) in [5, 5.41) is 9.89. The lowest BCUT2D eigenvalue weighted by Crippen LogP contribution is -2.59. The number of benzene rings is 2. The van der Waals surface area contributed by atoms with Crippen LogP contribution in [0, 0.1) is 0 Å². The zero-order valence-electron chi connectivity index (χ0n) is 13.8. The predicted molar refractivity (Wildman–Crippen MR) is 93.0 cm³/mol. The van der Waals surface area contributed by atoms with Gasteiger partial charge in [-0.2, -0.15) is 9.28 Å². The van der Waals surface area contributed by atoms with Crippen molar-refractivity contribution in [1.29, 1.82) is 0 Å². The molecule has 0 spiro atoms. The summed E-state index contributed by atoms with van der Waals surface area (Å²) in [4.78, 5) is 23.3. The summed E-state index contributed by atoms with van der Waals surface area (Å²) >= 11 is 0. The fourth-order valence-corrected chi connectivity index (χ4v) is 2.99. The van der Waals surface area contributed by atoms with Gasteiger partial charge in [0, 0.05) is 11.6 Å². The Morgan fingerprint density at radius 2 is 1.88 bits per heavy atom. The van der Waals surface area contributed by atoms with Crippen molar-refractivity contribution in [2.75, 3.05) is 26.3 Å². The van der Waals surface area contributed by atoms with Crippen LogP contribution in [0.4, 0.5) is 10.5 Å². The second-order valence-electron chi connectivity index (χ2n) is 5.93. The van der Waals surface area contributed by atoms with E-state index in [0.29, 0.717) is 56.2 Å². The largest absolute Gasteiger partial charge is 0.519 e. The molecule has 130 valence electrons. The molecule has 1 amide bonds. The highest BCUT2D eigenvalue weighted by Gasteiger charge is 2.44. The van der Waals surface area contributed by atoms with Crippen LogP contribution in [0.25, 0.3) is 0 Å². The molecular formula is C19H20NO5+. The van der Waals surface area contributed by atoms with Crippen molar-refractivity contribution in [1.82, 2.24) is 4.48 Å². The topological polar surface area (TPSA) is 72.8 Å². The number of hydrogen-bond donors (Lipinski definition) is 1. The van der Waals surface area contributed by atoms with Gasteiger partial charge < -0.3 is 14.6 Å². The van der Waals surface area contributed by atoms with Crippen molar-refractivity contribution in [2.45, 2.75) is 6.61 Å². The second-order valence-corrected chi connectivity index (χ2v) is 5.93. The molecule has 2 aromatic carbocycles. The number of ether oxygens (including phenoxy) is 2. The quantitative estimate of drug-likeness (QED) is 0.668. The van der Waals surface area contributed by atoms with Gasteiger partial charge in [-0.3, -0.25) is 4.79 Å². The van der Waals surface area contributed by atoms with E-state index in [9.17, 15) is 14.7 Å². The SMILES string of the molecule is O=Cc1ccc(OCc2ccccc2)c([N+]2(C(=O)O)CCOCC2)c1. The molecule has 0 radical (unpaired) electrons. The first-order chi connectivity index (χ1) is 12.2. The van der Waals surface area contributed by atoms with Crippen LogP contribution in [0.5, 0.6) is 5.75 Å². The normalized spacial score (nSPS) is 16.2. The molecule has 2 aromatic rings. The fraction of sp³-hybridized carbons (Fsp3) is 0.263. The van der Waals surface area contributed by atoms with Crippen LogP contribution in [0.3, 0.4) is 0 Å². The standard InChI is InChI=1S/C19H19NO5/c21-13-16-6-7-18(25-14-15-4-2-1-3-5-15)17(12-16)20(19(22)23)8-10-24-11-9-20/h1-7,12-13H,8-11,14H2/p+1. The van der Waals surface area contributed by atoms with E-state index in [1.807, 2.05) is 30.3 Å². The van der Waals surface area contributed by atoms with E-state index in [1.54, 1.807) is 18.2 Å². The maximum absolute atomic E-state index is 12.1. The molecule has 0 aromatic heterocycles. The van der Waals surface area contributed by atoms with Gasteiger partial charge in [-0.15, -0.1) is 0 Å². The fourth-order valence-electron chi connectivity index (χ4n) is 2.99. The summed E-state index contributed by atoms with van der Waals surface area (Å²) in [5.41, 5.74) is 1.89. The number of carbonyl (C=O) groups is 2. The van der Waals surface area contributed by atoms with Crippen LogP contribution in [-0.4, -0.2) is 43.8 Å². The average molecular weight is 342 g/mol. The van der Waals surface area contributed by atoms with Gasteiger partial charge in [-0.1, -0.05) is 30.3 Å². The summed E-state index contributed by atoms with van der Waals surface area (Å²) < 4.78 is 10.9. The first-order valence-corrected chi connectivity index (χ1v) is 8.10. The van der Waals surface area contributed by atoms with Crippen molar-refractivity contribution in [2.24, 2.45) is 0 Å². The van der Waals surface area contributed by atoms with Gasteiger partial charge in [0.2, 0.25) is 0 Å². The Bertz CT molecular complexity index is 754. The molecule has 1 aliphatic heterocycles. The summed E-state index contributed by atoms with van der Waals surface area (Å²) in [6.45, 7) is 1.59. The molecule has 0 saturated carbocycles. The summed E-state index contributed by atoms with van der Waals surface area (Å²) in [7, 11) is 0. The molecule has 0 bridgehead atoms. The van der Waals surface area contributed by atoms with Gasteiger partial charge in [0.1, 0.15) is 26.0 Å². The Kier molecular flexibility index (Phi) is 5.11. The smallest absolute Gasteiger partial charge is 0.483 e. The third-order valence-corrected chi connectivity index (χ3v) is 4.42. The number of morpholine rings is 1. The van der Waals surface area contributed by atoms with Crippen LogP contribution in [0.15, 0.2) is 48.5 Å². The Labute approximate surface area is 145 Å². The number of hydrogen-bond acceptors (Lipinski definition) is 4. The van der Waals surface area contributed by atoms with Gasteiger partial charge in [-0.05, 0) is 17.7 Å². The van der Waals surface area contributed by atoms with Crippen molar-refractivity contribution < 1.29 is 24.2 Å². The zero-order chi connectivity index (χ0) is 17.7. The van der Waals surface area contributed by atoms with Gasteiger partial charge in [0.25, 0.3) is 0 Å². The number of amides is 1. The maximum atomic E-state index is 12.1. The van der Waals surface area contributed by atoms with Crippen molar-refractivity contribution in [3.63, 3.8) is 0 Å². The average Bonchev–Trinajstić information content (AvgIpc) is 2.67. The lowest BCUT2D eigenvalue weighted by atomic mass is 10.1. The number of nitrogens with zero attached hydrogens (tertiary/aromatic N) is 1. The Hall–Kier alpha value is -2.70. The second kappa shape index (κ2) is 7.46. The molecule has 6 heteroatoms. The highest BCUT2D eigenvalue weighted by atomic mass is 16.5. The molecule has 1 N–H and O–H groups in total. The van der Waals surface area contributed by atoms with E-state index in [2.05, 4.69) is 0 Å². The van der Waals surface area contributed by atoms with Gasteiger partial charge in [0.05, 0.1) is 13.2 Å². The van der Waals surface area contributed by atoms with Crippen LogP contribution in [0.1, 0.15) is 15.9 Å². The third-order valence-electron chi connectivity index (χ3n) is 4.42. The minimum Gasteiger partial charge on any atom is -0.483 e. The monoisotopic (exact) mass is 342 g/mol.